The Hall–Kier alpha value is -2.58. The molecule has 180 valence electrons. The maximum atomic E-state index is 12.4. The number of thiocarbonyl (C=S) groups is 1. The minimum Gasteiger partial charge on any atom is -0.483 e. The molecule has 3 N–H and O–H groups in total. The summed E-state index contributed by atoms with van der Waals surface area (Å²) in [7, 11) is -3.76. The SMILES string of the molecule is O=C(COc1ccc2cc(Br)ccc2c1Br)NC(=S)Nc1ccc(S(=O)(=O)Nc2nccs2)cc1. The molecular weight excluding hydrogens is 640 g/mol. The predicted octanol–water partition coefficient (Wildman–Crippen LogP) is 5.51. The number of halogens is 2. The Kier molecular flexibility index (Phi) is 8.02. The van der Waals surface area contributed by atoms with E-state index in [0.717, 1.165) is 19.7 Å². The molecule has 0 saturated carbocycles. The molecular formula is C22H16Br2N4O4S3. The van der Waals surface area contributed by atoms with Crippen LogP contribution in [0.5, 0.6) is 5.75 Å². The molecule has 0 aliphatic heterocycles. The topological polar surface area (TPSA) is 109 Å². The van der Waals surface area contributed by atoms with Crippen molar-refractivity contribution in [2.45, 2.75) is 4.90 Å². The van der Waals surface area contributed by atoms with Crippen molar-refractivity contribution in [2.75, 3.05) is 16.6 Å². The molecule has 1 amide bonds. The monoisotopic (exact) mass is 654 g/mol. The third-order valence-corrected chi connectivity index (χ3v) is 8.26. The summed E-state index contributed by atoms with van der Waals surface area (Å²) in [5, 5.41) is 9.35. The maximum absolute atomic E-state index is 12.4. The predicted molar refractivity (Wildman–Crippen MR) is 149 cm³/mol. The summed E-state index contributed by atoms with van der Waals surface area (Å²) in [5.41, 5.74) is 0.507. The molecule has 0 saturated heterocycles. The van der Waals surface area contributed by atoms with E-state index >= 15 is 0 Å². The Bertz CT molecular complexity index is 1500. The molecule has 0 unspecified atom stereocenters. The number of aromatic nitrogens is 1. The van der Waals surface area contributed by atoms with Crippen LogP contribution in [0, 0.1) is 0 Å². The van der Waals surface area contributed by atoms with Crippen LogP contribution in [0.4, 0.5) is 10.8 Å². The van der Waals surface area contributed by atoms with Gasteiger partial charge in [0.15, 0.2) is 16.9 Å². The fourth-order valence-electron chi connectivity index (χ4n) is 2.99. The average molecular weight is 656 g/mol. The molecule has 0 aliphatic carbocycles. The van der Waals surface area contributed by atoms with Gasteiger partial charge in [-0.2, -0.15) is 0 Å². The quantitative estimate of drug-likeness (QED) is 0.225. The van der Waals surface area contributed by atoms with E-state index in [-0.39, 0.29) is 21.7 Å². The molecule has 0 fully saturated rings. The van der Waals surface area contributed by atoms with Gasteiger partial charge >= 0.3 is 0 Å². The number of anilines is 2. The highest BCUT2D eigenvalue weighted by Gasteiger charge is 2.16. The molecule has 0 spiro atoms. The van der Waals surface area contributed by atoms with E-state index in [0.29, 0.717) is 11.4 Å². The fourth-order valence-corrected chi connectivity index (χ4v) is 5.99. The Morgan fingerprint density at radius 2 is 1.86 bits per heavy atom. The number of thiazole rings is 1. The van der Waals surface area contributed by atoms with Crippen molar-refractivity contribution in [3.05, 3.63) is 75.1 Å². The van der Waals surface area contributed by atoms with Gasteiger partial charge in [0.1, 0.15) is 5.75 Å². The van der Waals surface area contributed by atoms with Gasteiger partial charge in [0, 0.05) is 21.7 Å². The molecule has 0 radical (unpaired) electrons. The molecule has 1 aromatic heterocycles. The minimum atomic E-state index is -3.76. The average Bonchev–Trinajstić information content (AvgIpc) is 3.31. The van der Waals surface area contributed by atoms with E-state index in [1.165, 1.54) is 41.8 Å². The minimum absolute atomic E-state index is 0.0533. The van der Waals surface area contributed by atoms with Crippen LogP contribution in [0.2, 0.25) is 0 Å². The van der Waals surface area contributed by atoms with Gasteiger partial charge in [0.05, 0.1) is 9.37 Å². The Labute approximate surface area is 227 Å². The molecule has 0 aliphatic rings. The van der Waals surface area contributed by atoms with E-state index in [4.69, 9.17) is 17.0 Å². The Morgan fingerprint density at radius 3 is 2.57 bits per heavy atom. The summed E-state index contributed by atoms with van der Waals surface area (Å²) in [6.45, 7) is -0.248. The first-order chi connectivity index (χ1) is 16.7. The van der Waals surface area contributed by atoms with Crippen molar-refractivity contribution in [3.8, 4) is 5.75 Å². The van der Waals surface area contributed by atoms with Crippen LogP contribution in [0.15, 0.2) is 80.0 Å². The third kappa shape index (κ3) is 6.55. The largest absolute Gasteiger partial charge is 0.483 e. The van der Waals surface area contributed by atoms with E-state index in [2.05, 4.69) is 52.2 Å². The summed E-state index contributed by atoms with van der Waals surface area (Å²) in [4.78, 5) is 16.3. The summed E-state index contributed by atoms with van der Waals surface area (Å²) in [5.74, 6) is 0.0779. The first-order valence-electron chi connectivity index (χ1n) is 9.85. The third-order valence-electron chi connectivity index (χ3n) is 4.57. The first-order valence-corrected chi connectivity index (χ1v) is 14.2. The summed E-state index contributed by atoms with van der Waals surface area (Å²) in [6, 6.07) is 15.5. The molecule has 3 aromatic carbocycles. The maximum Gasteiger partial charge on any atom is 0.264 e. The number of benzene rings is 3. The van der Waals surface area contributed by atoms with Crippen LogP contribution in [0.3, 0.4) is 0 Å². The number of carbonyl (C=O) groups is 1. The lowest BCUT2D eigenvalue weighted by molar-refractivity contribution is -0.121. The number of hydrogen-bond donors (Lipinski definition) is 3. The van der Waals surface area contributed by atoms with Crippen LogP contribution in [0.1, 0.15) is 0 Å². The highest BCUT2D eigenvalue weighted by molar-refractivity contribution is 9.11. The molecule has 4 aromatic rings. The van der Waals surface area contributed by atoms with E-state index in [9.17, 15) is 13.2 Å². The lowest BCUT2D eigenvalue weighted by atomic mass is 10.1. The van der Waals surface area contributed by atoms with Crippen molar-refractivity contribution in [3.63, 3.8) is 0 Å². The zero-order chi connectivity index (χ0) is 25.0. The van der Waals surface area contributed by atoms with Crippen LogP contribution >= 0.6 is 55.4 Å². The number of carbonyl (C=O) groups excluding carboxylic acids is 1. The van der Waals surface area contributed by atoms with Gasteiger partial charge in [0.2, 0.25) is 0 Å². The zero-order valence-electron chi connectivity index (χ0n) is 17.6. The molecule has 1 heterocycles. The van der Waals surface area contributed by atoms with Gasteiger partial charge in [-0.1, -0.05) is 28.1 Å². The lowest BCUT2D eigenvalue weighted by Crippen LogP contribution is -2.37. The van der Waals surface area contributed by atoms with Crippen LogP contribution in [0.25, 0.3) is 10.8 Å². The number of nitrogens with one attached hydrogen (secondary N) is 3. The number of fused-ring (bicyclic) bond motifs is 1. The van der Waals surface area contributed by atoms with Gasteiger partial charge in [-0.15, -0.1) is 11.3 Å². The second-order valence-electron chi connectivity index (χ2n) is 7.00. The summed E-state index contributed by atoms with van der Waals surface area (Å²) < 4.78 is 34.6. The molecule has 13 heteroatoms. The molecule has 4 rings (SSSR count). The number of hydrogen-bond acceptors (Lipinski definition) is 7. The Morgan fingerprint density at radius 1 is 1.09 bits per heavy atom. The van der Waals surface area contributed by atoms with Crippen molar-refractivity contribution >= 4 is 98.0 Å². The van der Waals surface area contributed by atoms with Gasteiger partial charge in [-0.05, 0) is 81.4 Å². The number of amides is 1. The molecule has 0 bridgehead atoms. The number of ether oxygens (including phenoxy) is 1. The number of sulfonamides is 1. The highest BCUT2D eigenvalue weighted by atomic mass is 79.9. The van der Waals surface area contributed by atoms with Gasteiger partial charge in [-0.3, -0.25) is 14.8 Å². The molecule has 0 atom stereocenters. The summed E-state index contributed by atoms with van der Waals surface area (Å²) in [6.07, 6.45) is 1.51. The smallest absolute Gasteiger partial charge is 0.264 e. The van der Waals surface area contributed by atoms with Crippen LogP contribution in [-0.2, 0) is 14.8 Å². The zero-order valence-corrected chi connectivity index (χ0v) is 23.2. The van der Waals surface area contributed by atoms with E-state index < -0.39 is 15.9 Å². The van der Waals surface area contributed by atoms with E-state index in [1.54, 1.807) is 11.4 Å². The van der Waals surface area contributed by atoms with Crippen molar-refractivity contribution < 1.29 is 17.9 Å². The van der Waals surface area contributed by atoms with Gasteiger partial charge in [0.25, 0.3) is 15.9 Å². The number of nitrogens with zero attached hydrogens (tertiary/aromatic N) is 1. The second kappa shape index (κ2) is 11.0. The molecule has 35 heavy (non-hydrogen) atoms. The highest BCUT2D eigenvalue weighted by Crippen LogP contribution is 2.34. The fraction of sp³-hybridized carbons (Fsp3) is 0.0455. The van der Waals surface area contributed by atoms with Crippen molar-refractivity contribution in [2.24, 2.45) is 0 Å². The second-order valence-corrected chi connectivity index (χ2v) is 11.7. The van der Waals surface area contributed by atoms with Gasteiger partial charge < -0.3 is 10.1 Å². The van der Waals surface area contributed by atoms with Crippen LogP contribution < -0.4 is 20.1 Å². The Balaban J connectivity index is 1.31. The normalized spacial score (nSPS) is 11.1. The van der Waals surface area contributed by atoms with Crippen LogP contribution in [-0.4, -0.2) is 31.0 Å². The van der Waals surface area contributed by atoms with Gasteiger partial charge in [-0.25, -0.2) is 13.4 Å². The standard InChI is InChI=1S/C22H16Br2N4O4S3/c23-14-2-7-17-13(11-14)1-8-18(20(17)24)32-12-19(29)27-21(33)26-15-3-5-16(6-4-15)35(30,31)28-22-25-9-10-34-22/h1-11H,12H2,(H,25,28)(H2,26,27,29,33). The summed E-state index contributed by atoms with van der Waals surface area (Å²) >= 11 is 13.3. The molecule has 8 nitrogen and oxygen atoms in total. The van der Waals surface area contributed by atoms with Crippen molar-refractivity contribution in [1.82, 2.24) is 10.3 Å². The first kappa shape index (κ1) is 25.5. The van der Waals surface area contributed by atoms with Crippen molar-refractivity contribution in [1.29, 1.82) is 0 Å². The lowest BCUT2D eigenvalue weighted by Gasteiger charge is -2.12. The van der Waals surface area contributed by atoms with E-state index in [1.807, 2.05) is 24.3 Å². The number of rotatable bonds is 7.